The fourth-order valence-corrected chi connectivity index (χ4v) is 4.96. The zero-order chi connectivity index (χ0) is 20.1. The van der Waals surface area contributed by atoms with E-state index in [1.165, 1.54) is 9.47 Å². The number of fused-ring (bicyclic) bond motifs is 2. The molecule has 150 valence electrons. The Kier molecular flexibility index (Phi) is 4.83. The maximum Gasteiger partial charge on any atom is 0.407 e. The average Bonchev–Trinajstić information content (AvgIpc) is 2.73. The largest absolute Gasteiger partial charge is 0.465 e. The van der Waals surface area contributed by atoms with E-state index in [9.17, 15) is 19.8 Å². The summed E-state index contributed by atoms with van der Waals surface area (Å²) in [7, 11) is -2.04. The Hall–Kier alpha value is -1.95. The molecule has 0 radical (unpaired) electrons. The van der Waals surface area contributed by atoms with Crippen LogP contribution in [0.4, 0.5) is 10.6 Å². The average molecular weight is 398 g/mol. The van der Waals surface area contributed by atoms with Gasteiger partial charge in [0.25, 0.3) is 0 Å². The number of nitrogen functional groups attached to an aromatic ring is 1. The molecular weight excluding hydrogens is 372 g/mol. The molecule has 4 atom stereocenters. The van der Waals surface area contributed by atoms with Crippen LogP contribution >= 0.6 is 0 Å². The molecule has 0 unspecified atom stereocenters. The molecule has 1 amide bonds. The first-order valence-electron chi connectivity index (χ1n) is 8.77. The lowest BCUT2D eigenvalue weighted by atomic mass is 9.85. The van der Waals surface area contributed by atoms with Crippen LogP contribution in [0.25, 0.3) is 0 Å². The van der Waals surface area contributed by atoms with Gasteiger partial charge in [-0.3, -0.25) is 4.57 Å². The number of nitrogens with zero attached hydrogens (tertiary/aromatic N) is 3. The second-order valence-corrected chi connectivity index (χ2v) is 12.7. The predicted molar refractivity (Wildman–Crippen MR) is 98.9 cm³/mol. The van der Waals surface area contributed by atoms with Crippen molar-refractivity contribution in [3.63, 3.8) is 0 Å². The number of aliphatic hydroxyl groups is 1. The van der Waals surface area contributed by atoms with Gasteiger partial charge in [0.1, 0.15) is 17.6 Å². The Balaban J connectivity index is 2.08. The molecule has 2 bridgehead atoms. The predicted octanol–water partition coefficient (Wildman–Crippen LogP) is 0.224. The molecular formula is C16H26N4O6Si. The molecule has 2 aliphatic heterocycles. The maximum atomic E-state index is 12.4. The number of anilines is 1. The summed E-state index contributed by atoms with van der Waals surface area (Å²) in [6.07, 6.45) is -0.883. The molecule has 3 heterocycles. The van der Waals surface area contributed by atoms with Crippen molar-refractivity contribution < 1.29 is 24.2 Å². The lowest BCUT2D eigenvalue weighted by Gasteiger charge is -2.44. The Labute approximate surface area is 157 Å². The number of piperidine rings is 1. The first-order chi connectivity index (χ1) is 12.5. The molecule has 0 aromatic carbocycles. The third-order valence-corrected chi connectivity index (χ3v) is 5.95. The molecule has 1 aromatic rings. The highest BCUT2D eigenvalue weighted by atomic mass is 28.4. The van der Waals surface area contributed by atoms with Crippen molar-refractivity contribution in [1.29, 1.82) is 0 Å². The number of hydrogen-bond acceptors (Lipinski definition) is 7. The minimum Gasteiger partial charge on any atom is -0.465 e. The second kappa shape index (κ2) is 6.58. The van der Waals surface area contributed by atoms with Gasteiger partial charge in [-0.15, -0.1) is 0 Å². The highest BCUT2D eigenvalue weighted by Gasteiger charge is 2.62. The smallest absolute Gasteiger partial charge is 0.407 e. The van der Waals surface area contributed by atoms with Gasteiger partial charge in [0.15, 0.2) is 8.32 Å². The van der Waals surface area contributed by atoms with Gasteiger partial charge in [-0.1, -0.05) is 0 Å². The van der Waals surface area contributed by atoms with Crippen LogP contribution < -0.4 is 11.4 Å². The van der Waals surface area contributed by atoms with Crippen molar-refractivity contribution >= 4 is 20.2 Å². The van der Waals surface area contributed by atoms with Crippen molar-refractivity contribution in [2.24, 2.45) is 5.92 Å². The monoisotopic (exact) mass is 398 g/mol. The quantitative estimate of drug-likeness (QED) is 0.612. The molecule has 3 rings (SSSR count). The second-order valence-electron chi connectivity index (χ2n) is 8.21. The number of nitrogens with two attached hydrogens (primary N) is 1. The summed E-state index contributed by atoms with van der Waals surface area (Å²) in [4.78, 5) is 29.0. The van der Waals surface area contributed by atoms with Crippen molar-refractivity contribution in [1.82, 2.24) is 14.5 Å². The van der Waals surface area contributed by atoms with Gasteiger partial charge in [0.2, 0.25) is 0 Å². The van der Waals surface area contributed by atoms with Crippen molar-refractivity contribution in [3.8, 4) is 0 Å². The molecule has 27 heavy (non-hydrogen) atoms. The van der Waals surface area contributed by atoms with E-state index in [1.54, 1.807) is 13.1 Å². The third kappa shape index (κ3) is 3.47. The number of ether oxygens (including phenoxy) is 1. The van der Waals surface area contributed by atoms with Crippen LogP contribution in [0, 0.1) is 12.8 Å². The number of hydrogen-bond donors (Lipinski definition) is 3. The Morgan fingerprint density at radius 3 is 2.74 bits per heavy atom. The summed E-state index contributed by atoms with van der Waals surface area (Å²) in [5, 5.41) is 19.6. The third-order valence-electron chi connectivity index (χ3n) is 4.99. The molecule has 0 spiro atoms. The number of aryl methyl sites for hydroxylation is 1. The van der Waals surface area contributed by atoms with Crippen molar-refractivity contribution in [2.45, 2.75) is 44.5 Å². The Morgan fingerprint density at radius 1 is 1.52 bits per heavy atom. The van der Waals surface area contributed by atoms with Gasteiger partial charge in [-0.25, -0.2) is 9.59 Å². The standard InChI is InChI=1S/C16H26N4O6Si/c1-9-5-20(14(22)18-12(9)17)13-10-6-19(15(23)24)7-16(8-21,25-13)11(10)26-27(2,3)4/h5,10-11,13,21H,6-8H2,1-4H3,(H,23,24)(H2,17,18,22)/t10-,11+,13-,16-/m1/s1. The van der Waals surface area contributed by atoms with E-state index in [2.05, 4.69) is 4.98 Å². The van der Waals surface area contributed by atoms with Gasteiger partial charge < -0.3 is 30.0 Å². The number of carboxylic acid groups (broad SMARTS) is 1. The normalized spacial score (nSPS) is 30.6. The van der Waals surface area contributed by atoms with E-state index in [-0.39, 0.29) is 18.9 Å². The number of amides is 1. The fraction of sp³-hybridized carbons (Fsp3) is 0.688. The van der Waals surface area contributed by atoms with E-state index in [0.717, 1.165) is 0 Å². The number of aliphatic hydroxyl groups excluding tert-OH is 1. The summed E-state index contributed by atoms with van der Waals surface area (Å²) in [5.41, 5.74) is 4.50. The molecule has 1 aromatic heterocycles. The number of rotatable bonds is 4. The zero-order valence-electron chi connectivity index (χ0n) is 15.9. The molecule has 2 fully saturated rings. The summed E-state index contributed by atoms with van der Waals surface area (Å²) in [6, 6.07) is 0. The van der Waals surface area contributed by atoms with Crippen LogP contribution in [-0.4, -0.2) is 70.5 Å². The van der Waals surface area contributed by atoms with Crippen LogP contribution in [0.3, 0.4) is 0 Å². The van der Waals surface area contributed by atoms with Gasteiger partial charge in [-0.05, 0) is 26.6 Å². The van der Waals surface area contributed by atoms with E-state index in [4.69, 9.17) is 14.9 Å². The summed E-state index contributed by atoms with van der Waals surface area (Å²) < 4.78 is 13.8. The van der Waals surface area contributed by atoms with Gasteiger partial charge in [0.05, 0.1) is 25.2 Å². The van der Waals surface area contributed by atoms with Crippen molar-refractivity contribution in [3.05, 3.63) is 22.2 Å². The number of carbonyl (C=O) groups is 1. The summed E-state index contributed by atoms with van der Waals surface area (Å²) in [6.45, 7) is 7.44. The number of likely N-dealkylation sites (tertiary alicyclic amines) is 1. The van der Waals surface area contributed by atoms with Gasteiger partial charge >= 0.3 is 11.8 Å². The van der Waals surface area contributed by atoms with E-state index < -0.39 is 50.6 Å². The highest BCUT2D eigenvalue weighted by Crippen LogP contribution is 2.47. The SMILES string of the molecule is Cc1cn([C@@H]2O[C@@]3(CO)CN(C(=O)O)C[C@@H]2[C@@H]3O[Si](C)(C)C)c(=O)nc1N. The molecule has 10 nitrogen and oxygen atoms in total. The van der Waals surface area contributed by atoms with E-state index in [0.29, 0.717) is 5.56 Å². The van der Waals surface area contributed by atoms with Crippen LogP contribution in [0.1, 0.15) is 11.8 Å². The first-order valence-corrected chi connectivity index (χ1v) is 12.2. The molecule has 4 N–H and O–H groups in total. The molecule has 2 saturated heterocycles. The van der Waals surface area contributed by atoms with Gasteiger partial charge in [0, 0.05) is 18.3 Å². The summed E-state index contributed by atoms with van der Waals surface area (Å²) >= 11 is 0. The minimum atomic E-state index is -2.04. The van der Waals surface area contributed by atoms with Crippen LogP contribution in [0.2, 0.25) is 19.6 Å². The highest BCUT2D eigenvalue weighted by molar-refractivity contribution is 6.69. The number of aromatic nitrogens is 2. The molecule has 2 aliphatic rings. The lowest BCUT2D eigenvalue weighted by Crippen LogP contribution is -2.62. The van der Waals surface area contributed by atoms with E-state index in [1.807, 2.05) is 19.6 Å². The molecule has 0 aliphatic carbocycles. The maximum absolute atomic E-state index is 12.4. The fourth-order valence-electron chi connectivity index (χ4n) is 3.81. The topological polar surface area (TPSA) is 140 Å². The lowest BCUT2D eigenvalue weighted by molar-refractivity contribution is -0.133. The van der Waals surface area contributed by atoms with Crippen LogP contribution in [0.5, 0.6) is 0 Å². The Bertz CT molecular complexity index is 809. The van der Waals surface area contributed by atoms with E-state index >= 15 is 0 Å². The van der Waals surface area contributed by atoms with Crippen LogP contribution in [0.15, 0.2) is 11.0 Å². The van der Waals surface area contributed by atoms with Crippen molar-refractivity contribution in [2.75, 3.05) is 25.4 Å². The minimum absolute atomic E-state index is 0.0306. The van der Waals surface area contributed by atoms with Gasteiger partial charge in [-0.2, -0.15) is 4.98 Å². The molecule has 11 heteroatoms. The van der Waals surface area contributed by atoms with Crippen LogP contribution in [-0.2, 0) is 9.16 Å². The Morgan fingerprint density at radius 2 is 2.19 bits per heavy atom. The summed E-state index contributed by atoms with van der Waals surface area (Å²) in [5.74, 6) is -0.326. The zero-order valence-corrected chi connectivity index (χ0v) is 16.9. The molecule has 0 saturated carbocycles. The first kappa shape index (κ1) is 19.8.